The summed E-state index contributed by atoms with van der Waals surface area (Å²) in [7, 11) is 0. The number of carboxylic acid groups (broad SMARTS) is 1. The third kappa shape index (κ3) is 3.88. The van der Waals surface area contributed by atoms with Crippen molar-refractivity contribution in [2.45, 2.75) is 13.3 Å². The summed E-state index contributed by atoms with van der Waals surface area (Å²) in [4.78, 5) is 29.5. The largest absolute Gasteiger partial charge is 0.480 e. The predicted molar refractivity (Wildman–Crippen MR) is 76.5 cm³/mol. The van der Waals surface area contributed by atoms with E-state index >= 15 is 0 Å². The zero-order chi connectivity index (χ0) is 15.4. The number of anilines is 1. The molecule has 1 N–H and O–H groups in total. The highest BCUT2D eigenvalue weighted by Gasteiger charge is 2.24. The van der Waals surface area contributed by atoms with Gasteiger partial charge in [0.15, 0.2) is 0 Å². The lowest BCUT2D eigenvalue weighted by Gasteiger charge is -2.22. The van der Waals surface area contributed by atoms with E-state index < -0.39 is 10.9 Å². The second-order valence-electron chi connectivity index (χ2n) is 5.06. The molecule has 8 heteroatoms. The minimum absolute atomic E-state index is 0.00280. The molecular formula is C13H18N4O4. The van der Waals surface area contributed by atoms with Gasteiger partial charge in [-0.05, 0) is 19.4 Å². The summed E-state index contributed by atoms with van der Waals surface area (Å²) in [6.45, 7) is 4.18. The van der Waals surface area contributed by atoms with E-state index in [1.807, 2.05) is 9.80 Å². The average molecular weight is 294 g/mol. The third-order valence-corrected chi connectivity index (χ3v) is 3.44. The molecule has 0 bridgehead atoms. The monoisotopic (exact) mass is 294 g/mol. The number of aliphatic carboxylic acids is 1. The van der Waals surface area contributed by atoms with Gasteiger partial charge in [0, 0.05) is 37.9 Å². The number of rotatable bonds is 4. The van der Waals surface area contributed by atoms with Crippen LogP contribution in [0.1, 0.15) is 12.1 Å². The molecule has 8 nitrogen and oxygen atoms in total. The Hall–Kier alpha value is -2.22. The van der Waals surface area contributed by atoms with Gasteiger partial charge in [-0.15, -0.1) is 0 Å². The van der Waals surface area contributed by atoms with Crippen LogP contribution < -0.4 is 4.90 Å². The van der Waals surface area contributed by atoms with Gasteiger partial charge in [-0.3, -0.25) is 19.8 Å². The Morgan fingerprint density at radius 3 is 2.81 bits per heavy atom. The van der Waals surface area contributed by atoms with E-state index in [0.29, 0.717) is 32.0 Å². The molecule has 1 fully saturated rings. The average Bonchev–Trinajstić information content (AvgIpc) is 2.63. The number of pyridine rings is 1. The highest BCUT2D eigenvalue weighted by molar-refractivity contribution is 5.69. The van der Waals surface area contributed by atoms with Crippen molar-refractivity contribution in [1.82, 2.24) is 9.88 Å². The number of aromatic nitrogens is 1. The summed E-state index contributed by atoms with van der Waals surface area (Å²) in [5.41, 5.74) is 0.717. The van der Waals surface area contributed by atoms with Crippen molar-refractivity contribution < 1.29 is 14.8 Å². The topological polar surface area (TPSA) is 99.8 Å². The molecule has 1 aliphatic rings. The molecule has 0 saturated carbocycles. The molecule has 21 heavy (non-hydrogen) atoms. The minimum atomic E-state index is -0.858. The Bertz CT molecular complexity index is 549. The molecule has 0 unspecified atom stereocenters. The van der Waals surface area contributed by atoms with E-state index in [9.17, 15) is 14.9 Å². The van der Waals surface area contributed by atoms with Crippen LogP contribution in [0.25, 0.3) is 0 Å². The van der Waals surface area contributed by atoms with Crippen molar-refractivity contribution in [3.63, 3.8) is 0 Å². The van der Waals surface area contributed by atoms with Crippen LogP contribution in [-0.4, -0.2) is 58.6 Å². The maximum absolute atomic E-state index is 11.1. The first-order chi connectivity index (χ1) is 9.97. The summed E-state index contributed by atoms with van der Waals surface area (Å²) in [6.07, 6.45) is 0.750. The number of hydrogen-bond donors (Lipinski definition) is 1. The molecule has 0 atom stereocenters. The van der Waals surface area contributed by atoms with Crippen molar-refractivity contribution in [2.75, 3.05) is 37.6 Å². The molecule has 2 rings (SSSR count). The van der Waals surface area contributed by atoms with Gasteiger partial charge in [0.05, 0.1) is 11.5 Å². The molecule has 0 radical (unpaired) electrons. The van der Waals surface area contributed by atoms with E-state index in [2.05, 4.69) is 4.98 Å². The van der Waals surface area contributed by atoms with Gasteiger partial charge in [-0.1, -0.05) is 0 Å². The van der Waals surface area contributed by atoms with Crippen LogP contribution in [0.3, 0.4) is 0 Å². The number of carboxylic acids is 1. The molecular weight excluding hydrogens is 276 g/mol. The number of hydrogen-bond acceptors (Lipinski definition) is 6. The molecule has 1 aliphatic heterocycles. The molecule has 1 aromatic rings. The van der Waals surface area contributed by atoms with Gasteiger partial charge in [0.1, 0.15) is 0 Å². The molecule has 0 amide bonds. The number of carbonyl (C=O) groups is 1. The Kier molecular flexibility index (Phi) is 4.69. The minimum Gasteiger partial charge on any atom is -0.480 e. The van der Waals surface area contributed by atoms with Crippen molar-refractivity contribution >= 4 is 17.5 Å². The zero-order valence-electron chi connectivity index (χ0n) is 11.9. The van der Waals surface area contributed by atoms with Gasteiger partial charge in [0.2, 0.25) is 5.82 Å². The second-order valence-corrected chi connectivity index (χ2v) is 5.06. The van der Waals surface area contributed by atoms with E-state index in [1.54, 1.807) is 13.0 Å². The quantitative estimate of drug-likeness (QED) is 0.650. The summed E-state index contributed by atoms with van der Waals surface area (Å²) >= 11 is 0. The fourth-order valence-electron chi connectivity index (χ4n) is 2.44. The summed E-state index contributed by atoms with van der Waals surface area (Å²) < 4.78 is 0. The van der Waals surface area contributed by atoms with E-state index in [1.165, 1.54) is 6.07 Å². The SMILES string of the molecule is Cc1ccc([N+](=O)[O-])c(N2CCCN(CC(=O)O)CC2)n1. The summed E-state index contributed by atoms with van der Waals surface area (Å²) in [6, 6.07) is 3.09. The number of nitrogens with zero attached hydrogens (tertiary/aromatic N) is 4. The lowest BCUT2D eigenvalue weighted by molar-refractivity contribution is -0.384. The molecule has 1 aromatic heterocycles. The van der Waals surface area contributed by atoms with Gasteiger partial charge < -0.3 is 10.0 Å². The van der Waals surface area contributed by atoms with Crippen molar-refractivity contribution in [3.05, 3.63) is 27.9 Å². The van der Waals surface area contributed by atoms with Crippen molar-refractivity contribution in [1.29, 1.82) is 0 Å². The maximum atomic E-state index is 11.1. The maximum Gasteiger partial charge on any atom is 0.317 e. The van der Waals surface area contributed by atoms with Crippen LogP contribution in [0.2, 0.25) is 0 Å². The first kappa shape index (κ1) is 15.2. The van der Waals surface area contributed by atoms with Crippen LogP contribution in [-0.2, 0) is 4.79 Å². The molecule has 2 heterocycles. The smallest absolute Gasteiger partial charge is 0.317 e. The highest BCUT2D eigenvalue weighted by Crippen LogP contribution is 2.26. The van der Waals surface area contributed by atoms with Crippen molar-refractivity contribution in [2.24, 2.45) is 0 Å². The predicted octanol–water partition coefficient (Wildman–Crippen LogP) is 0.895. The molecule has 0 spiro atoms. The summed E-state index contributed by atoms with van der Waals surface area (Å²) in [5.74, 6) is -0.486. The van der Waals surface area contributed by atoms with Crippen LogP contribution in [0.4, 0.5) is 11.5 Å². The molecule has 114 valence electrons. The van der Waals surface area contributed by atoms with E-state index in [0.717, 1.165) is 12.1 Å². The van der Waals surface area contributed by atoms with Crippen LogP contribution in [0.5, 0.6) is 0 Å². The van der Waals surface area contributed by atoms with Gasteiger partial charge in [-0.2, -0.15) is 0 Å². The van der Waals surface area contributed by atoms with E-state index in [4.69, 9.17) is 5.11 Å². The van der Waals surface area contributed by atoms with Gasteiger partial charge in [0.25, 0.3) is 0 Å². The number of nitro groups is 1. The van der Waals surface area contributed by atoms with Crippen LogP contribution in [0, 0.1) is 17.0 Å². The fourth-order valence-corrected chi connectivity index (χ4v) is 2.44. The summed E-state index contributed by atoms with van der Waals surface area (Å²) in [5, 5.41) is 20.0. The Morgan fingerprint density at radius 2 is 2.14 bits per heavy atom. The van der Waals surface area contributed by atoms with Gasteiger partial charge >= 0.3 is 11.7 Å². The highest BCUT2D eigenvalue weighted by atomic mass is 16.6. The first-order valence-electron chi connectivity index (χ1n) is 6.78. The normalized spacial score (nSPS) is 16.5. The van der Waals surface area contributed by atoms with Crippen LogP contribution >= 0.6 is 0 Å². The van der Waals surface area contributed by atoms with Crippen LogP contribution in [0.15, 0.2) is 12.1 Å². The lowest BCUT2D eigenvalue weighted by Crippen LogP contribution is -2.34. The Balaban J connectivity index is 2.17. The second kappa shape index (κ2) is 6.49. The zero-order valence-corrected chi connectivity index (χ0v) is 11.9. The Labute approximate surface area is 122 Å². The number of aryl methyl sites for hydroxylation is 1. The van der Waals surface area contributed by atoms with Crippen molar-refractivity contribution in [3.8, 4) is 0 Å². The molecule has 0 aliphatic carbocycles. The van der Waals surface area contributed by atoms with Gasteiger partial charge in [-0.25, -0.2) is 4.98 Å². The lowest BCUT2D eigenvalue weighted by atomic mass is 10.3. The standard InChI is InChI=1S/C13H18N4O4/c1-10-3-4-11(17(20)21)13(14-10)16-6-2-5-15(7-8-16)9-12(18)19/h3-4H,2,5-9H2,1H3,(H,18,19). The van der Waals surface area contributed by atoms with E-state index in [-0.39, 0.29) is 12.2 Å². The first-order valence-corrected chi connectivity index (χ1v) is 6.78. The third-order valence-electron chi connectivity index (χ3n) is 3.44. The Morgan fingerprint density at radius 1 is 1.38 bits per heavy atom. The fraction of sp³-hybridized carbons (Fsp3) is 0.538. The molecule has 0 aromatic carbocycles. The molecule has 1 saturated heterocycles.